The average Bonchev–Trinajstić information content (AvgIpc) is 2.51. The molecule has 0 aliphatic heterocycles. The van der Waals surface area contributed by atoms with E-state index in [1.54, 1.807) is 25.2 Å². The normalized spacial score (nSPS) is 11.0. The topological polar surface area (TPSA) is 34.9 Å². The number of benzene rings is 2. The van der Waals surface area contributed by atoms with Crippen LogP contribution in [0, 0.1) is 11.6 Å². The van der Waals surface area contributed by atoms with Crippen molar-refractivity contribution in [1.29, 1.82) is 0 Å². The van der Waals surface area contributed by atoms with Gasteiger partial charge in [0.2, 0.25) is 0 Å². The van der Waals surface area contributed by atoms with Crippen LogP contribution in [-0.4, -0.2) is 9.55 Å². The molecule has 0 aliphatic carbocycles. The van der Waals surface area contributed by atoms with E-state index in [1.807, 2.05) is 6.07 Å². The largest absolute Gasteiger partial charge is 0.299 e. The van der Waals surface area contributed by atoms with E-state index in [0.29, 0.717) is 27.4 Å². The van der Waals surface area contributed by atoms with E-state index < -0.39 is 11.6 Å². The molecular formula is C16H12F2N2OS. The lowest BCUT2D eigenvalue weighted by Gasteiger charge is -2.09. The highest BCUT2D eigenvalue weighted by atomic mass is 32.2. The molecule has 1 heterocycles. The number of para-hydroxylation sites is 1. The van der Waals surface area contributed by atoms with Crippen molar-refractivity contribution in [3.05, 3.63) is 70.3 Å². The minimum Gasteiger partial charge on any atom is -0.299 e. The maximum Gasteiger partial charge on any atom is 0.261 e. The molecule has 22 heavy (non-hydrogen) atoms. The summed E-state index contributed by atoms with van der Waals surface area (Å²) >= 11 is 1.18. The second kappa shape index (κ2) is 5.88. The highest BCUT2D eigenvalue weighted by molar-refractivity contribution is 7.98. The maximum atomic E-state index is 13.6. The standard InChI is InChI=1S/C16H12F2N2OS/c1-20-15(9-22-14-7-6-10(17)8-12(14)18)19-13-5-3-2-4-11(13)16(20)21/h2-8H,9H2,1H3. The van der Waals surface area contributed by atoms with Gasteiger partial charge in [-0.2, -0.15) is 0 Å². The van der Waals surface area contributed by atoms with E-state index in [-0.39, 0.29) is 5.56 Å². The molecule has 0 unspecified atom stereocenters. The molecule has 6 heteroatoms. The summed E-state index contributed by atoms with van der Waals surface area (Å²) in [6.45, 7) is 0. The second-order valence-electron chi connectivity index (χ2n) is 4.77. The number of hydrogen-bond donors (Lipinski definition) is 0. The molecule has 112 valence electrons. The van der Waals surface area contributed by atoms with Gasteiger partial charge in [0.25, 0.3) is 5.56 Å². The van der Waals surface area contributed by atoms with E-state index in [4.69, 9.17) is 0 Å². The van der Waals surface area contributed by atoms with Crippen molar-refractivity contribution in [2.45, 2.75) is 10.6 Å². The molecule has 0 fully saturated rings. The Kier molecular flexibility index (Phi) is 3.94. The average molecular weight is 318 g/mol. The van der Waals surface area contributed by atoms with Crippen LogP contribution >= 0.6 is 11.8 Å². The highest BCUT2D eigenvalue weighted by Crippen LogP contribution is 2.25. The quantitative estimate of drug-likeness (QED) is 0.693. The Labute approximate surface area is 129 Å². The summed E-state index contributed by atoms with van der Waals surface area (Å²) in [4.78, 5) is 17.0. The fourth-order valence-corrected chi connectivity index (χ4v) is 3.03. The van der Waals surface area contributed by atoms with Crippen molar-refractivity contribution in [2.24, 2.45) is 7.05 Å². The summed E-state index contributed by atoms with van der Waals surface area (Å²) in [5, 5.41) is 0.548. The molecule has 3 rings (SSSR count). The number of aromatic nitrogens is 2. The summed E-state index contributed by atoms with van der Waals surface area (Å²) in [6.07, 6.45) is 0. The zero-order chi connectivity index (χ0) is 15.7. The van der Waals surface area contributed by atoms with Gasteiger partial charge in [-0.05, 0) is 24.3 Å². The van der Waals surface area contributed by atoms with Crippen LogP contribution in [0.4, 0.5) is 8.78 Å². The molecule has 0 bridgehead atoms. The Balaban J connectivity index is 1.94. The molecule has 0 radical (unpaired) electrons. The van der Waals surface area contributed by atoms with Gasteiger partial charge in [-0.25, -0.2) is 13.8 Å². The second-order valence-corrected chi connectivity index (χ2v) is 5.79. The van der Waals surface area contributed by atoms with Crippen LogP contribution in [0.25, 0.3) is 10.9 Å². The van der Waals surface area contributed by atoms with Gasteiger partial charge in [-0.15, -0.1) is 11.8 Å². The highest BCUT2D eigenvalue weighted by Gasteiger charge is 2.10. The third-order valence-electron chi connectivity index (χ3n) is 3.33. The molecule has 0 atom stereocenters. The third kappa shape index (κ3) is 2.74. The minimum atomic E-state index is -0.615. The molecule has 3 aromatic rings. The summed E-state index contributed by atoms with van der Waals surface area (Å²) in [5.74, 6) is -0.370. The maximum absolute atomic E-state index is 13.6. The van der Waals surface area contributed by atoms with Crippen molar-refractivity contribution < 1.29 is 8.78 Å². The number of hydrogen-bond acceptors (Lipinski definition) is 3. The molecule has 3 nitrogen and oxygen atoms in total. The number of halogens is 2. The number of fused-ring (bicyclic) bond motifs is 1. The van der Waals surface area contributed by atoms with Crippen LogP contribution in [0.5, 0.6) is 0 Å². The van der Waals surface area contributed by atoms with E-state index in [1.165, 1.54) is 28.5 Å². The number of nitrogens with zero attached hydrogens (tertiary/aromatic N) is 2. The van der Waals surface area contributed by atoms with Gasteiger partial charge in [-0.3, -0.25) is 9.36 Å². The predicted octanol–water partition coefficient (Wildman–Crippen LogP) is 3.50. The molecular weight excluding hydrogens is 306 g/mol. The van der Waals surface area contributed by atoms with Crippen LogP contribution < -0.4 is 5.56 Å². The first-order valence-corrected chi connectivity index (χ1v) is 7.57. The molecule has 0 amide bonds. The first-order chi connectivity index (χ1) is 10.6. The van der Waals surface area contributed by atoms with Crippen molar-refractivity contribution in [3.63, 3.8) is 0 Å². The molecule has 0 saturated carbocycles. The van der Waals surface area contributed by atoms with Crippen LogP contribution in [0.15, 0.2) is 52.2 Å². The molecule has 2 aromatic carbocycles. The van der Waals surface area contributed by atoms with E-state index in [0.717, 1.165) is 6.07 Å². The SMILES string of the molecule is Cn1c(CSc2ccc(F)cc2F)nc2ccccc2c1=O. The Bertz CT molecular complexity index is 908. The molecule has 0 N–H and O–H groups in total. The van der Waals surface area contributed by atoms with Gasteiger partial charge in [-0.1, -0.05) is 12.1 Å². The predicted molar refractivity (Wildman–Crippen MR) is 82.9 cm³/mol. The van der Waals surface area contributed by atoms with Gasteiger partial charge in [0, 0.05) is 18.0 Å². The smallest absolute Gasteiger partial charge is 0.261 e. The Morgan fingerprint density at radius 2 is 1.95 bits per heavy atom. The van der Waals surface area contributed by atoms with Crippen LogP contribution in [-0.2, 0) is 12.8 Å². The fraction of sp³-hybridized carbons (Fsp3) is 0.125. The lowest BCUT2D eigenvalue weighted by Crippen LogP contribution is -2.21. The summed E-state index contributed by atoms with van der Waals surface area (Å²) in [7, 11) is 1.64. The van der Waals surface area contributed by atoms with E-state index in [9.17, 15) is 13.6 Å². The van der Waals surface area contributed by atoms with Gasteiger partial charge in [0.05, 0.1) is 16.7 Å². The Morgan fingerprint density at radius 1 is 1.18 bits per heavy atom. The summed E-state index contributed by atoms with van der Waals surface area (Å²) < 4.78 is 28.0. The Hall–Kier alpha value is -2.21. The van der Waals surface area contributed by atoms with Crippen molar-refractivity contribution in [2.75, 3.05) is 0 Å². The zero-order valence-electron chi connectivity index (χ0n) is 11.7. The van der Waals surface area contributed by atoms with Gasteiger partial charge < -0.3 is 0 Å². The van der Waals surface area contributed by atoms with Crippen LogP contribution in [0.1, 0.15) is 5.82 Å². The molecule has 1 aromatic heterocycles. The van der Waals surface area contributed by atoms with Crippen LogP contribution in [0.3, 0.4) is 0 Å². The van der Waals surface area contributed by atoms with E-state index in [2.05, 4.69) is 4.98 Å². The van der Waals surface area contributed by atoms with E-state index >= 15 is 0 Å². The molecule has 0 spiro atoms. The van der Waals surface area contributed by atoms with Crippen molar-refractivity contribution >= 4 is 22.7 Å². The lowest BCUT2D eigenvalue weighted by molar-refractivity contribution is 0.565. The monoisotopic (exact) mass is 318 g/mol. The summed E-state index contributed by atoms with van der Waals surface area (Å²) in [6, 6.07) is 10.5. The number of rotatable bonds is 3. The number of thioether (sulfide) groups is 1. The Morgan fingerprint density at radius 3 is 2.73 bits per heavy atom. The van der Waals surface area contributed by atoms with Gasteiger partial charge in [0.1, 0.15) is 17.5 Å². The summed E-state index contributed by atoms with van der Waals surface area (Å²) in [5.41, 5.74) is 0.474. The molecule has 0 saturated heterocycles. The van der Waals surface area contributed by atoms with Crippen molar-refractivity contribution in [3.8, 4) is 0 Å². The zero-order valence-corrected chi connectivity index (χ0v) is 12.5. The first kappa shape index (κ1) is 14.7. The molecule has 0 aliphatic rings. The van der Waals surface area contributed by atoms with Crippen molar-refractivity contribution in [1.82, 2.24) is 9.55 Å². The third-order valence-corrected chi connectivity index (χ3v) is 4.37. The van der Waals surface area contributed by atoms with Crippen LogP contribution in [0.2, 0.25) is 0 Å². The fourth-order valence-electron chi connectivity index (χ4n) is 2.13. The van der Waals surface area contributed by atoms with Gasteiger partial charge in [0.15, 0.2) is 0 Å². The minimum absolute atomic E-state index is 0.138. The van der Waals surface area contributed by atoms with Gasteiger partial charge >= 0.3 is 0 Å². The lowest BCUT2D eigenvalue weighted by atomic mass is 10.2. The first-order valence-electron chi connectivity index (χ1n) is 6.59.